The minimum atomic E-state index is -0.486. The van der Waals surface area contributed by atoms with Crippen molar-refractivity contribution in [1.29, 1.82) is 0 Å². The smallest absolute Gasteiger partial charge is 0.124 e. The van der Waals surface area contributed by atoms with Gasteiger partial charge in [0.1, 0.15) is 12.4 Å². The Balaban J connectivity index is 1.78. The molecule has 1 aliphatic rings. The highest BCUT2D eigenvalue weighted by Crippen LogP contribution is 2.31. The zero-order valence-corrected chi connectivity index (χ0v) is 10.9. The third-order valence-electron chi connectivity index (χ3n) is 2.92. The highest BCUT2D eigenvalue weighted by Gasteiger charge is 2.23. The highest BCUT2D eigenvalue weighted by atomic mass is 16.5. The quantitative estimate of drug-likeness (QED) is 0.804. The summed E-state index contributed by atoms with van der Waals surface area (Å²) < 4.78 is 10.9. The van der Waals surface area contributed by atoms with Crippen molar-refractivity contribution in [3.63, 3.8) is 0 Å². The molecule has 0 aliphatic carbocycles. The second kappa shape index (κ2) is 6.18. The first-order valence-electron chi connectivity index (χ1n) is 6.41. The normalized spacial score (nSPS) is 19.7. The lowest BCUT2D eigenvalue weighted by Crippen LogP contribution is -2.34. The van der Waals surface area contributed by atoms with Crippen molar-refractivity contribution in [1.82, 2.24) is 5.32 Å². The fourth-order valence-corrected chi connectivity index (χ4v) is 1.97. The zero-order valence-electron chi connectivity index (χ0n) is 10.9. The average Bonchev–Trinajstić information content (AvgIpc) is 2.77. The highest BCUT2D eigenvalue weighted by molar-refractivity contribution is 5.39. The Morgan fingerprint density at radius 3 is 3.00 bits per heavy atom. The van der Waals surface area contributed by atoms with Crippen LogP contribution in [-0.2, 0) is 4.74 Å². The van der Waals surface area contributed by atoms with Gasteiger partial charge in [0.2, 0.25) is 0 Å². The molecule has 2 atom stereocenters. The van der Waals surface area contributed by atoms with Gasteiger partial charge in [-0.25, -0.2) is 0 Å². The fourth-order valence-electron chi connectivity index (χ4n) is 1.97. The maximum atomic E-state index is 9.78. The van der Waals surface area contributed by atoms with Crippen LogP contribution in [0.2, 0.25) is 0 Å². The largest absolute Gasteiger partial charge is 0.491 e. The number of nitrogens with one attached hydrogen (secondary N) is 1. The first-order chi connectivity index (χ1) is 8.66. The zero-order chi connectivity index (χ0) is 13.0. The van der Waals surface area contributed by atoms with Crippen molar-refractivity contribution in [2.75, 3.05) is 19.8 Å². The molecule has 0 fully saturated rings. The van der Waals surface area contributed by atoms with E-state index in [0.717, 1.165) is 11.3 Å². The van der Waals surface area contributed by atoms with Gasteiger partial charge in [0.15, 0.2) is 0 Å². The summed E-state index contributed by atoms with van der Waals surface area (Å²) in [7, 11) is 0. The summed E-state index contributed by atoms with van der Waals surface area (Å²) in [6, 6.07) is 8.15. The number of ether oxygens (including phenoxy) is 2. The summed E-state index contributed by atoms with van der Waals surface area (Å²) in [4.78, 5) is 0. The SMILES string of the molecule is CC(C)OCC(O)CNC1COc2ccccc21. The van der Waals surface area contributed by atoms with Gasteiger partial charge in [0.25, 0.3) is 0 Å². The molecule has 2 unspecified atom stereocenters. The van der Waals surface area contributed by atoms with Crippen LogP contribution in [0, 0.1) is 0 Å². The molecule has 1 aromatic carbocycles. The van der Waals surface area contributed by atoms with Crippen molar-refractivity contribution >= 4 is 0 Å². The summed E-state index contributed by atoms with van der Waals surface area (Å²) in [5.74, 6) is 0.933. The Bertz CT molecular complexity index is 381. The molecule has 4 nitrogen and oxygen atoms in total. The van der Waals surface area contributed by atoms with Gasteiger partial charge >= 0.3 is 0 Å². The van der Waals surface area contributed by atoms with Gasteiger partial charge in [0.05, 0.1) is 24.9 Å². The maximum Gasteiger partial charge on any atom is 0.124 e. The van der Waals surface area contributed by atoms with E-state index in [9.17, 15) is 5.11 Å². The molecule has 1 heterocycles. The van der Waals surface area contributed by atoms with E-state index in [1.54, 1.807) is 0 Å². The Morgan fingerprint density at radius 2 is 2.22 bits per heavy atom. The summed E-state index contributed by atoms with van der Waals surface area (Å²) in [6.45, 7) is 5.41. The van der Waals surface area contributed by atoms with E-state index in [1.807, 2.05) is 32.0 Å². The van der Waals surface area contributed by atoms with E-state index < -0.39 is 6.10 Å². The lowest BCUT2D eigenvalue weighted by atomic mass is 10.1. The summed E-state index contributed by atoms with van der Waals surface area (Å²) in [6.07, 6.45) is -0.338. The minimum Gasteiger partial charge on any atom is -0.491 e. The molecule has 100 valence electrons. The molecular weight excluding hydrogens is 230 g/mol. The van der Waals surface area contributed by atoms with E-state index in [2.05, 4.69) is 11.4 Å². The summed E-state index contributed by atoms with van der Waals surface area (Å²) >= 11 is 0. The monoisotopic (exact) mass is 251 g/mol. The van der Waals surface area contributed by atoms with E-state index in [0.29, 0.717) is 19.8 Å². The molecule has 0 amide bonds. The predicted molar refractivity (Wildman–Crippen MR) is 69.8 cm³/mol. The number of aliphatic hydroxyl groups excluding tert-OH is 1. The van der Waals surface area contributed by atoms with Gasteiger partial charge in [-0.1, -0.05) is 18.2 Å². The van der Waals surface area contributed by atoms with E-state index in [-0.39, 0.29) is 12.1 Å². The van der Waals surface area contributed by atoms with Gasteiger partial charge < -0.3 is 19.9 Å². The van der Waals surface area contributed by atoms with E-state index in [4.69, 9.17) is 9.47 Å². The Labute approximate surface area is 108 Å². The molecule has 0 radical (unpaired) electrons. The van der Waals surface area contributed by atoms with Crippen LogP contribution in [0.15, 0.2) is 24.3 Å². The number of rotatable bonds is 6. The van der Waals surface area contributed by atoms with Crippen LogP contribution in [0.1, 0.15) is 25.5 Å². The van der Waals surface area contributed by atoms with Crippen LogP contribution < -0.4 is 10.1 Å². The molecule has 18 heavy (non-hydrogen) atoms. The van der Waals surface area contributed by atoms with Crippen LogP contribution in [-0.4, -0.2) is 37.1 Å². The van der Waals surface area contributed by atoms with Gasteiger partial charge in [-0.2, -0.15) is 0 Å². The van der Waals surface area contributed by atoms with E-state index in [1.165, 1.54) is 0 Å². The standard InChI is InChI=1S/C14H21NO3/c1-10(2)17-8-11(16)7-15-13-9-18-14-6-4-3-5-12(13)14/h3-6,10-11,13,15-16H,7-9H2,1-2H3. The molecule has 4 heteroatoms. The molecule has 0 aromatic heterocycles. The van der Waals surface area contributed by atoms with Crippen LogP contribution in [0.5, 0.6) is 5.75 Å². The topological polar surface area (TPSA) is 50.7 Å². The molecule has 2 rings (SSSR count). The molecule has 0 saturated heterocycles. The third kappa shape index (κ3) is 3.45. The van der Waals surface area contributed by atoms with Gasteiger partial charge in [-0.05, 0) is 19.9 Å². The van der Waals surface area contributed by atoms with Crippen molar-refractivity contribution in [3.8, 4) is 5.75 Å². The summed E-state index contributed by atoms with van der Waals surface area (Å²) in [5.41, 5.74) is 1.16. The van der Waals surface area contributed by atoms with Crippen molar-refractivity contribution < 1.29 is 14.6 Å². The lowest BCUT2D eigenvalue weighted by Gasteiger charge is -2.17. The molecule has 0 bridgehead atoms. The van der Waals surface area contributed by atoms with Crippen LogP contribution in [0.3, 0.4) is 0 Å². The second-order valence-corrected chi connectivity index (χ2v) is 4.85. The molecule has 1 aliphatic heterocycles. The molecular formula is C14H21NO3. The number of benzene rings is 1. The lowest BCUT2D eigenvalue weighted by molar-refractivity contribution is 0.00522. The van der Waals surface area contributed by atoms with Gasteiger partial charge in [-0.15, -0.1) is 0 Å². The minimum absolute atomic E-state index is 0.148. The van der Waals surface area contributed by atoms with Crippen molar-refractivity contribution in [2.24, 2.45) is 0 Å². The number of hydrogen-bond donors (Lipinski definition) is 2. The van der Waals surface area contributed by atoms with Crippen LogP contribution in [0.4, 0.5) is 0 Å². The summed E-state index contributed by atoms with van der Waals surface area (Å²) in [5, 5.41) is 13.1. The Kier molecular flexibility index (Phi) is 4.58. The number of para-hydroxylation sites is 1. The van der Waals surface area contributed by atoms with Crippen LogP contribution in [0.25, 0.3) is 0 Å². The first-order valence-corrected chi connectivity index (χ1v) is 6.41. The number of fused-ring (bicyclic) bond motifs is 1. The van der Waals surface area contributed by atoms with E-state index >= 15 is 0 Å². The molecule has 1 aromatic rings. The number of aliphatic hydroxyl groups is 1. The Morgan fingerprint density at radius 1 is 1.44 bits per heavy atom. The average molecular weight is 251 g/mol. The van der Waals surface area contributed by atoms with Gasteiger partial charge in [0, 0.05) is 12.1 Å². The Hall–Kier alpha value is -1.10. The van der Waals surface area contributed by atoms with Crippen molar-refractivity contribution in [3.05, 3.63) is 29.8 Å². The predicted octanol–water partition coefficient (Wildman–Crippen LogP) is 1.50. The molecule has 0 saturated carbocycles. The fraction of sp³-hybridized carbons (Fsp3) is 0.571. The van der Waals surface area contributed by atoms with Crippen molar-refractivity contribution in [2.45, 2.75) is 32.1 Å². The first kappa shape index (κ1) is 13.3. The number of hydrogen-bond acceptors (Lipinski definition) is 4. The molecule has 2 N–H and O–H groups in total. The van der Waals surface area contributed by atoms with Crippen LogP contribution >= 0.6 is 0 Å². The second-order valence-electron chi connectivity index (χ2n) is 4.85. The maximum absolute atomic E-state index is 9.78. The third-order valence-corrected chi connectivity index (χ3v) is 2.92. The molecule has 0 spiro atoms. The van der Waals surface area contributed by atoms with Gasteiger partial charge in [-0.3, -0.25) is 0 Å².